The van der Waals surface area contributed by atoms with Crippen LogP contribution < -0.4 is 5.32 Å². The molecule has 0 fully saturated rings. The predicted octanol–water partition coefficient (Wildman–Crippen LogP) is 1.60. The molecule has 7 nitrogen and oxygen atoms in total. The molecule has 1 aromatic heterocycles. The zero-order chi connectivity index (χ0) is 15.4. The predicted molar refractivity (Wildman–Crippen MR) is 75.3 cm³/mol. The first-order valence-electron chi connectivity index (χ1n) is 5.79. The van der Waals surface area contributed by atoms with Crippen molar-refractivity contribution in [2.75, 3.05) is 0 Å². The first-order chi connectivity index (χ1) is 9.94. The van der Waals surface area contributed by atoms with Gasteiger partial charge in [-0.05, 0) is 18.2 Å². The molecule has 2 N–H and O–H groups in total. The van der Waals surface area contributed by atoms with E-state index in [0.717, 1.165) is 0 Å². The Hall–Kier alpha value is -2.12. The van der Waals surface area contributed by atoms with E-state index in [-0.39, 0.29) is 19.0 Å². The number of carbonyl (C=O) groups excluding carboxylic acids is 1. The maximum absolute atomic E-state index is 11.9. The van der Waals surface area contributed by atoms with Crippen LogP contribution in [0.15, 0.2) is 24.4 Å². The quantitative estimate of drug-likeness (QED) is 0.868. The van der Waals surface area contributed by atoms with Crippen LogP contribution in [-0.2, 0) is 17.9 Å². The minimum atomic E-state index is -1.02. The number of carboxylic acids is 1. The van der Waals surface area contributed by atoms with Gasteiger partial charge < -0.3 is 10.4 Å². The van der Waals surface area contributed by atoms with Gasteiger partial charge in [-0.2, -0.15) is 0 Å². The smallest absolute Gasteiger partial charge is 0.325 e. The lowest BCUT2D eigenvalue weighted by atomic mass is 10.2. The third kappa shape index (κ3) is 4.44. The molecule has 0 atom stereocenters. The summed E-state index contributed by atoms with van der Waals surface area (Å²) in [6.45, 7) is -0.173. The van der Waals surface area contributed by atoms with E-state index < -0.39 is 5.97 Å². The highest BCUT2D eigenvalue weighted by Gasteiger charge is 2.09. The highest BCUT2D eigenvalue weighted by Crippen LogP contribution is 2.18. The zero-order valence-electron chi connectivity index (χ0n) is 10.6. The van der Waals surface area contributed by atoms with E-state index >= 15 is 0 Å². The number of nitrogens with zero attached hydrogens (tertiary/aromatic N) is 3. The summed E-state index contributed by atoms with van der Waals surface area (Å²) in [5.74, 6) is -1.39. The molecule has 0 unspecified atom stereocenters. The lowest BCUT2D eigenvalue weighted by Gasteiger charge is -2.04. The number of hydrogen-bond donors (Lipinski definition) is 2. The van der Waals surface area contributed by atoms with Gasteiger partial charge in [0.15, 0.2) is 0 Å². The molecular weight excluding hydrogens is 319 g/mol. The second kappa shape index (κ2) is 6.55. The molecule has 0 aliphatic carbocycles. The number of rotatable bonds is 5. The van der Waals surface area contributed by atoms with Gasteiger partial charge >= 0.3 is 5.97 Å². The van der Waals surface area contributed by atoms with Crippen molar-refractivity contribution in [2.24, 2.45) is 0 Å². The van der Waals surface area contributed by atoms with E-state index in [1.165, 1.54) is 29.1 Å². The fraction of sp³-hybridized carbons (Fsp3) is 0.167. The van der Waals surface area contributed by atoms with E-state index in [0.29, 0.717) is 21.3 Å². The van der Waals surface area contributed by atoms with E-state index in [1.54, 1.807) is 0 Å². The molecule has 1 amide bonds. The van der Waals surface area contributed by atoms with Crippen LogP contribution in [-0.4, -0.2) is 32.0 Å². The average Bonchev–Trinajstić information content (AvgIpc) is 2.81. The maximum Gasteiger partial charge on any atom is 0.325 e. The molecule has 0 aliphatic heterocycles. The normalized spacial score (nSPS) is 10.4. The summed E-state index contributed by atoms with van der Waals surface area (Å²) in [5, 5.41) is 19.3. The number of hydrogen-bond acceptors (Lipinski definition) is 4. The highest BCUT2D eigenvalue weighted by atomic mass is 35.5. The lowest BCUT2D eigenvalue weighted by Crippen LogP contribution is -2.23. The molecule has 1 aromatic carbocycles. The summed E-state index contributed by atoms with van der Waals surface area (Å²) in [7, 11) is 0. The second-order valence-electron chi connectivity index (χ2n) is 4.14. The van der Waals surface area contributed by atoms with Gasteiger partial charge in [-0.15, -0.1) is 5.10 Å². The Morgan fingerprint density at radius 1 is 1.24 bits per heavy atom. The van der Waals surface area contributed by atoms with Crippen molar-refractivity contribution in [3.8, 4) is 0 Å². The van der Waals surface area contributed by atoms with Gasteiger partial charge in [0.05, 0.1) is 12.7 Å². The Balaban J connectivity index is 1.97. The third-order valence-electron chi connectivity index (χ3n) is 2.44. The number of nitrogens with one attached hydrogen (secondary N) is 1. The van der Waals surface area contributed by atoms with Crippen LogP contribution in [0, 0.1) is 0 Å². The Labute approximate surface area is 129 Å². The molecule has 0 radical (unpaired) electrons. The molecular formula is C12H10Cl2N4O3. The Morgan fingerprint density at radius 2 is 1.90 bits per heavy atom. The Bertz CT molecular complexity index is 667. The van der Waals surface area contributed by atoms with Crippen molar-refractivity contribution in [3.63, 3.8) is 0 Å². The van der Waals surface area contributed by atoms with Gasteiger partial charge in [-0.25, -0.2) is 4.68 Å². The fourth-order valence-electron chi connectivity index (χ4n) is 1.59. The molecule has 2 rings (SSSR count). The van der Waals surface area contributed by atoms with Crippen LogP contribution in [0.3, 0.4) is 0 Å². The van der Waals surface area contributed by atoms with Gasteiger partial charge in [-0.3, -0.25) is 9.59 Å². The number of carbonyl (C=O) groups is 2. The van der Waals surface area contributed by atoms with Crippen LogP contribution in [0.25, 0.3) is 0 Å². The van der Waals surface area contributed by atoms with Gasteiger partial charge in [0, 0.05) is 15.6 Å². The fourth-order valence-corrected chi connectivity index (χ4v) is 2.12. The molecule has 0 bridgehead atoms. The van der Waals surface area contributed by atoms with Crippen molar-refractivity contribution < 1.29 is 14.7 Å². The summed E-state index contributed by atoms with van der Waals surface area (Å²) in [5.41, 5.74) is 0.767. The minimum absolute atomic E-state index is 0.114. The minimum Gasteiger partial charge on any atom is -0.480 e. The van der Waals surface area contributed by atoms with Crippen molar-refractivity contribution >= 4 is 35.1 Å². The summed E-state index contributed by atoms with van der Waals surface area (Å²) in [6.07, 6.45) is 1.44. The van der Waals surface area contributed by atoms with Crippen LogP contribution in [0.4, 0.5) is 0 Å². The summed E-state index contributed by atoms with van der Waals surface area (Å²) in [4.78, 5) is 22.4. The SMILES string of the molecule is O=C(O)Cn1cc(CNC(=O)c2cc(Cl)cc(Cl)c2)nn1. The number of halogens is 2. The van der Waals surface area contributed by atoms with Crippen LogP contribution in [0.5, 0.6) is 0 Å². The first-order valence-corrected chi connectivity index (χ1v) is 6.55. The van der Waals surface area contributed by atoms with Crippen LogP contribution in [0.1, 0.15) is 16.1 Å². The number of aromatic nitrogens is 3. The molecule has 1 heterocycles. The van der Waals surface area contributed by atoms with Gasteiger partial charge in [0.1, 0.15) is 12.2 Å². The van der Waals surface area contributed by atoms with E-state index in [1.807, 2.05) is 0 Å². The summed E-state index contributed by atoms with van der Waals surface area (Å²) >= 11 is 11.6. The summed E-state index contributed by atoms with van der Waals surface area (Å²) in [6, 6.07) is 4.51. The van der Waals surface area contributed by atoms with Gasteiger partial charge in [0.25, 0.3) is 5.91 Å². The first kappa shape index (κ1) is 15.3. The molecule has 2 aromatic rings. The number of carboxylic acid groups (broad SMARTS) is 1. The molecule has 0 aliphatic rings. The van der Waals surface area contributed by atoms with Crippen molar-refractivity contribution in [2.45, 2.75) is 13.1 Å². The van der Waals surface area contributed by atoms with Crippen molar-refractivity contribution in [1.29, 1.82) is 0 Å². The molecule has 0 saturated carbocycles. The van der Waals surface area contributed by atoms with E-state index in [9.17, 15) is 9.59 Å². The Morgan fingerprint density at radius 3 is 2.52 bits per heavy atom. The zero-order valence-corrected chi connectivity index (χ0v) is 12.1. The number of benzene rings is 1. The average molecular weight is 329 g/mol. The van der Waals surface area contributed by atoms with Crippen LogP contribution in [0.2, 0.25) is 10.0 Å². The topological polar surface area (TPSA) is 97.1 Å². The third-order valence-corrected chi connectivity index (χ3v) is 2.87. The largest absolute Gasteiger partial charge is 0.480 e. The van der Waals surface area contributed by atoms with Crippen molar-refractivity contribution in [3.05, 3.63) is 45.7 Å². The molecule has 0 spiro atoms. The second-order valence-corrected chi connectivity index (χ2v) is 5.01. The standard InChI is InChI=1S/C12H10Cl2N4O3/c13-8-1-7(2-9(14)3-8)12(21)15-4-10-5-18(17-16-10)6-11(19)20/h1-3,5H,4,6H2,(H,15,21)(H,19,20). The molecule has 21 heavy (non-hydrogen) atoms. The number of aliphatic carboxylic acids is 1. The van der Waals surface area contributed by atoms with Gasteiger partial charge in [-0.1, -0.05) is 28.4 Å². The monoisotopic (exact) mass is 328 g/mol. The lowest BCUT2D eigenvalue weighted by molar-refractivity contribution is -0.137. The molecule has 0 saturated heterocycles. The molecule has 9 heteroatoms. The Kier molecular flexibility index (Phi) is 4.77. The van der Waals surface area contributed by atoms with Crippen LogP contribution >= 0.6 is 23.2 Å². The molecule has 110 valence electrons. The summed E-state index contributed by atoms with van der Waals surface area (Å²) < 4.78 is 1.17. The van der Waals surface area contributed by atoms with Gasteiger partial charge in [0.2, 0.25) is 0 Å². The maximum atomic E-state index is 11.9. The van der Waals surface area contributed by atoms with E-state index in [4.69, 9.17) is 28.3 Å². The number of amides is 1. The van der Waals surface area contributed by atoms with Crippen molar-refractivity contribution in [1.82, 2.24) is 20.3 Å². The highest BCUT2D eigenvalue weighted by molar-refractivity contribution is 6.35. The van der Waals surface area contributed by atoms with E-state index in [2.05, 4.69) is 15.6 Å².